The number of nitrogens with one attached hydrogen (secondary N) is 1. The molecule has 0 aliphatic heterocycles. The van der Waals surface area contributed by atoms with Crippen molar-refractivity contribution in [2.75, 3.05) is 40.4 Å². The summed E-state index contributed by atoms with van der Waals surface area (Å²) in [6, 6.07) is 0. The zero-order chi connectivity index (χ0) is 12.7. The summed E-state index contributed by atoms with van der Waals surface area (Å²) in [5, 5.41) is 2.91. The number of nitrogens with two attached hydrogens (primary N) is 1. The molecule has 1 amide bonds. The average molecular weight is 243 g/mol. The van der Waals surface area contributed by atoms with E-state index in [-0.39, 0.29) is 11.4 Å². The van der Waals surface area contributed by atoms with E-state index in [0.29, 0.717) is 13.0 Å². The first-order valence-electron chi connectivity index (χ1n) is 6.29. The first-order valence-corrected chi connectivity index (χ1v) is 6.29. The van der Waals surface area contributed by atoms with Gasteiger partial charge in [0, 0.05) is 38.7 Å². The SMILES string of the molecule is COCCN(C)CCNC(=O)CC1(N)CCC1. The molecule has 100 valence electrons. The van der Waals surface area contributed by atoms with Gasteiger partial charge in [-0.25, -0.2) is 0 Å². The summed E-state index contributed by atoms with van der Waals surface area (Å²) in [6.07, 6.45) is 3.58. The highest BCUT2D eigenvalue weighted by atomic mass is 16.5. The van der Waals surface area contributed by atoms with Crippen molar-refractivity contribution in [1.29, 1.82) is 0 Å². The van der Waals surface area contributed by atoms with E-state index < -0.39 is 0 Å². The van der Waals surface area contributed by atoms with Gasteiger partial charge in [0.2, 0.25) is 5.91 Å². The molecule has 0 atom stereocenters. The van der Waals surface area contributed by atoms with E-state index >= 15 is 0 Å². The molecule has 0 radical (unpaired) electrons. The fraction of sp³-hybridized carbons (Fsp3) is 0.917. The second kappa shape index (κ2) is 6.93. The number of carbonyl (C=O) groups is 1. The molecule has 5 nitrogen and oxygen atoms in total. The quantitative estimate of drug-likeness (QED) is 0.627. The van der Waals surface area contributed by atoms with Crippen LogP contribution in [-0.2, 0) is 9.53 Å². The van der Waals surface area contributed by atoms with Crippen molar-refractivity contribution in [2.24, 2.45) is 5.73 Å². The van der Waals surface area contributed by atoms with Crippen LogP contribution in [0.2, 0.25) is 0 Å². The number of methoxy groups -OCH3 is 1. The summed E-state index contributed by atoms with van der Waals surface area (Å²) in [6.45, 7) is 3.12. The maximum absolute atomic E-state index is 11.6. The number of carbonyl (C=O) groups excluding carboxylic acids is 1. The molecule has 3 N–H and O–H groups in total. The third-order valence-corrected chi connectivity index (χ3v) is 3.35. The summed E-state index contributed by atoms with van der Waals surface area (Å²) < 4.78 is 4.98. The van der Waals surface area contributed by atoms with E-state index in [4.69, 9.17) is 10.5 Å². The van der Waals surface area contributed by atoms with E-state index in [1.165, 1.54) is 0 Å². The molecule has 0 aromatic carbocycles. The number of nitrogens with zero attached hydrogens (tertiary/aromatic N) is 1. The van der Waals surface area contributed by atoms with Crippen molar-refractivity contribution in [2.45, 2.75) is 31.2 Å². The molecule has 0 heterocycles. The number of amides is 1. The molecule has 1 fully saturated rings. The van der Waals surface area contributed by atoms with Gasteiger partial charge < -0.3 is 20.7 Å². The third-order valence-electron chi connectivity index (χ3n) is 3.35. The molecule has 1 aliphatic carbocycles. The molecule has 0 spiro atoms. The normalized spacial score (nSPS) is 17.9. The lowest BCUT2D eigenvalue weighted by Crippen LogP contribution is -2.50. The van der Waals surface area contributed by atoms with E-state index in [2.05, 4.69) is 10.2 Å². The molecule has 1 saturated carbocycles. The van der Waals surface area contributed by atoms with E-state index in [0.717, 1.165) is 39.0 Å². The van der Waals surface area contributed by atoms with Crippen molar-refractivity contribution < 1.29 is 9.53 Å². The Morgan fingerprint density at radius 3 is 2.71 bits per heavy atom. The fourth-order valence-corrected chi connectivity index (χ4v) is 1.94. The molecule has 1 aliphatic rings. The highest BCUT2D eigenvalue weighted by molar-refractivity contribution is 5.77. The second-order valence-electron chi connectivity index (χ2n) is 5.04. The number of likely N-dealkylation sites (N-methyl/N-ethyl adjacent to an activating group) is 1. The van der Waals surface area contributed by atoms with E-state index in [1.54, 1.807) is 7.11 Å². The monoisotopic (exact) mass is 243 g/mol. The van der Waals surface area contributed by atoms with Gasteiger partial charge in [-0.1, -0.05) is 0 Å². The Bertz CT molecular complexity index is 242. The van der Waals surface area contributed by atoms with Crippen LogP contribution in [0.3, 0.4) is 0 Å². The number of hydrogen-bond acceptors (Lipinski definition) is 4. The fourth-order valence-electron chi connectivity index (χ4n) is 1.94. The van der Waals surface area contributed by atoms with Crippen LogP contribution < -0.4 is 11.1 Å². The highest BCUT2D eigenvalue weighted by Gasteiger charge is 2.34. The minimum Gasteiger partial charge on any atom is -0.383 e. The molecular formula is C12H25N3O2. The van der Waals surface area contributed by atoms with Gasteiger partial charge in [-0.3, -0.25) is 4.79 Å². The lowest BCUT2D eigenvalue weighted by atomic mass is 9.75. The Balaban J connectivity index is 2.03. The Kier molecular flexibility index (Phi) is 5.88. The van der Waals surface area contributed by atoms with Crippen molar-refractivity contribution in [1.82, 2.24) is 10.2 Å². The van der Waals surface area contributed by atoms with Crippen LogP contribution in [0.15, 0.2) is 0 Å². The van der Waals surface area contributed by atoms with Gasteiger partial charge in [0.05, 0.1) is 6.61 Å². The molecule has 0 bridgehead atoms. The molecule has 1 rings (SSSR count). The second-order valence-corrected chi connectivity index (χ2v) is 5.04. The Morgan fingerprint density at radius 2 is 2.18 bits per heavy atom. The van der Waals surface area contributed by atoms with Crippen molar-refractivity contribution >= 4 is 5.91 Å². The topological polar surface area (TPSA) is 67.6 Å². The first kappa shape index (κ1) is 14.4. The minimum absolute atomic E-state index is 0.0762. The Morgan fingerprint density at radius 1 is 1.47 bits per heavy atom. The summed E-state index contributed by atoms with van der Waals surface area (Å²) in [5.41, 5.74) is 5.80. The number of hydrogen-bond donors (Lipinski definition) is 2. The summed E-state index contributed by atoms with van der Waals surface area (Å²) in [4.78, 5) is 13.7. The summed E-state index contributed by atoms with van der Waals surface area (Å²) >= 11 is 0. The van der Waals surface area contributed by atoms with Crippen molar-refractivity contribution in [3.63, 3.8) is 0 Å². The number of rotatable bonds is 8. The van der Waals surface area contributed by atoms with E-state index in [1.807, 2.05) is 7.05 Å². The van der Waals surface area contributed by atoms with Crippen LogP contribution in [0.4, 0.5) is 0 Å². The maximum Gasteiger partial charge on any atom is 0.221 e. The van der Waals surface area contributed by atoms with E-state index in [9.17, 15) is 4.79 Å². The van der Waals surface area contributed by atoms with Crippen molar-refractivity contribution in [3.8, 4) is 0 Å². The third kappa shape index (κ3) is 5.48. The van der Waals surface area contributed by atoms with Crippen LogP contribution in [0.1, 0.15) is 25.7 Å². The van der Waals surface area contributed by atoms with Gasteiger partial charge in [0.25, 0.3) is 0 Å². The van der Waals surface area contributed by atoms with Crippen LogP contribution in [-0.4, -0.2) is 56.7 Å². The first-order chi connectivity index (χ1) is 8.06. The molecule has 0 aromatic rings. The van der Waals surface area contributed by atoms with Crippen LogP contribution in [0, 0.1) is 0 Å². The van der Waals surface area contributed by atoms with Gasteiger partial charge in [-0.05, 0) is 26.3 Å². The largest absolute Gasteiger partial charge is 0.383 e. The lowest BCUT2D eigenvalue weighted by Gasteiger charge is -2.37. The standard InChI is InChI=1S/C12H25N3O2/c1-15(8-9-17-2)7-6-14-11(16)10-12(13)4-3-5-12/h3-10,13H2,1-2H3,(H,14,16). The average Bonchev–Trinajstić information content (AvgIpc) is 2.24. The molecule has 17 heavy (non-hydrogen) atoms. The van der Waals surface area contributed by atoms with Crippen molar-refractivity contribution in [3.05, 3.63) is 0 Å². The zero-order valence-electron chi connectivity index (χ0n) is 11.0. The summed E-state index contributed by atoms with van der Waals surface area (Å²) in [5.74, 6) is 0.0762. The van der Waals surface area contributed by atoms with Gasteiger partial charge >= 0.3 is 0 Å². The zero-order valence-corrected chi connectivity index (χ0v) is 11.0. The maximum atomic E-state index is 11.6. The molecule has 5 heteroatoms. The van der Waals surface area contributed by atoms with Crippen LogP contribution >= 0.6 is 0 Å². The van der Waals surface area contributed by atoms with Gasteiger partial charge in [0.1, 0.15) is 0 Å². The molecular weight excluding hydrogens is 218 g/mol. The Labute approximate surface area is 104 Å². The van der Waals surface area contributed by atoms with Gasteiger partial charge in [-0.15, -0.1) is 0 Å². The molecule has 0 unspecified atom stereocenters. The lowest BCUT2D eigenvalue weighted by molar-refractivity contribution is -0.123. The molecule has 0 saturated heterocycles. The van der Waals surface area contributed by atoms with Crippen LogP contribution in [0.5, 0.6) is 0 Å². The predicted molar refractivity (Wildman–Crippen MR) is 67.8 cm³/mol. The molecule has 0 aromatic heterocycles. The van der Waals surface area contributed by atoms with Gasteiger partial charge in [0.15, 0.2) is 0 Å². The Hall–Kier alpha value is -0.650. The smallest absolute Gasteiger partial charge is 0.221 e. The summed E-state index contributed by atoms with van der Waals surface area (Å²) in [7, 11) is 3.70. The predicted octanol–water partition coefficient (Wildman–Crippen LogP) is -0.0477. The van der Waals surface area contributed by atoms with Crippen LogP contribution in [0.25, 0.3) is 0 Å². The minimum atomic E-state index is -0.216. The number of ether oxygens (including phenoxy) is 1. The highest BCUT2D eigenvalue weighted by Crippen LogP contribution is 2.31. The van der Waals surface area contributed by atoms with Gasteiger partial charge in [-0.2, -0.15) is 0 Å².